The largest absolute Gasteiger partial charge is 0.455 e. The highest BCUT2D eigenvalue weighted by Gasteiger charge is 2.32. The van der Waals surface area contributed by atoms with Gasteiger partial charge in [0.05, 0.1) is 12.3 Å². The Balaban J connectivity index is 1.65. The summed E-state index contributed by atoms with van der Waals surface area (Å²) in [6.45, 7) is 4.58. The molecule has 2 heterocycles. The Morgan fingerprint density at radius 1 is 1.21 bits per heavy atom. The van der Waals surface area contributed by atoms with Crippen LogP contribution in [0, 0.1) is 6.92 Å². The van der Waals surface area contributed by atoms with Crippen molar-refractivity contribution in [1.29, 1.82) is 0 Å². The van der Waals surface area contributed by atoms with Crippen LogP contribution in [-0.4, -0.2) is 30.9 Å². The molecule has 0 saturated heterocycles. The number of carbonyl (C=O) groups is 2. The maximum atomic E-state index is 13.4. The number of nitrogens with one attached hydrogen (secondary N) is 1. The van der Waals surface area contributed by atoms with Gasteiger partial charge < -0.3 is 14.1 Å². The summed E-state index contributed by atoms with van der Waals surface area (Å²) in [7, 11) is 0. The number of ether oxygens (including phenoxy) is 1. The lowest BCUT2D eigenvalue weighted by Crippen LogP contribution is -2.35. The number of hydrogen-bond acceptors (Lipinski definition) is 5. The lowest BCUT2D eigenvalue weighted by atomic mass is 9.93. The molecule has 2 amide bonds. The minimum atomic E-state index is -0.588. The average molecular weight is 395 g/mol. The molecule has 4 rings (SSSR count). The number of para-hydroxylation sites is 1. The van der Waals surface area contributed by atoms with Crippen molar-refractivity contribution in [3.63, 3.8) is 0 Å². The Labute approximate surface area is 169 Å². The maximum absolute atomic E-state index is 13.4. The highest BCUT2D eigenvalue weighted by atomic mass is 16.5. The van der Waals surface area contributed by atoms with Crippen LogP contribution in [0.3, 0.4) is 0 Å². The summed E-state index contributed by atoms with van der Waals surface area (Å²) in [5.74, 6) is 0.992. The fourth-order valence-corrected chi connectivity index (χ4v) is 4.13. The number of aryl methyl sites for hydroxylation is 2. The van der Waals surface area contributed by atoms with E-state index in [1.165, 1.54) is 5.56 Å². The van der Waals surface area contributed by atoms with Crippen LogP contribution in [0.4, 0.5) is 10.5 Å². The monoisotopic (exact) mass is 395 g/mol. The van der Waals surface area contributed by atoms with Crippen molar-refractivity contribution in [2.24, 2.45) is 5.10 Å². The van der Waals surface area contributed by atoms with Crippen molar-refractivity contribution in [2.45, 2.75) is 46.0 Å². The van der Waals surface area contributed by atoms with E-state index in [1.54, 1.807) is 6.92 Å². The molecule has 7 heteroatoms. The Hall–Kier alpha value is -3.09. The molecule has 1 aromatic heterocycles. The van der Waals surface area contributed by atoms with Gasteiger partial charge in [0.2, 0.25) is 0 Å². The predicted octanol–water partition coefficient (Wildman–Crippen LogP) is 3.97. The number of hydrogen-bond donors (Lipinski definition) is 1. The van der Waals surface area contributed by atoms with Crippen LogP contribution >= 0.6 is 0 Å². The Kier molecular flexibility index (Phi) is 5.38. The molecule has 152 valence electrons. The number of benzene rings is 1. The van der Waals surface area contributed by atoms with Crippen LogP contribution in [0.5, 0.6) is 0 Å². The summed E-state index contributed by atoms with van der Waals surface area (Å²) in [5, 5.41) is 4.23. The van der Waals surface area contributed by atoms with Gasteiger partial charge in [-0.05, 0) is 51.2 Å². The van der Waals surface area contributed by atoms with E-state index in [2.05, 4.69) is 16.6 Å². The van der Waals surface area contributed by atoms with E-state index < -0.39 is 6.09 Å². The number of nitrogens with zero attached hydrogens (tertiary/aromatic N) is 2. The standard InChI is InChI=1S/C22H25N3O4/c1-3-28-22(27)24-23-16-10-6-12-18-19(16)14(2)20(29-18)21(26)25-13-7-9-15-8-4-5-11-17(15)25/h4-5,8,11H,3,6-7,9-10,12-13H2,1-2H3,(H,24,27)/b23-16+. The topological polar surface area (TPSA) is 84.1 Å². The molecule has 1 N–H and O–H groups in total. The summed E-state index contributed by atoms with van der Waals surface area (Å²) >= 11 is 0. The van der Waals surface area contributed by atoms with Gasteiger partial charge in [0.1, 0.15) is 5.76 Å². The molecule has 2 aromatic rings. The third-order valence-electron chi connectivity index (χ3n) is 5.43. The zero-order valence-corrected chi connectivity index (χ0v) is 16.8. The van der Waals surface area contributed by atoms with E-state index in [9.17, 15) is 9.59 Å². The van der Waals surface area contributed by atoms with Crippen LogP contribution in [-0.2, 0) is 17.6 Å². The third kappa shape index (κ3) is 3.64. The van der Waals surface area contributed by atoms with E-state index >= 15 is 0 Å². The summed E-state index contributed by atoms with van der Waals surface area (Å²) < 4.78 is 10.9. The zero-order valence-electron chi connectivity index (χ0n) is 16.8. The molecular formula is C22H25N3O4. The normalized spacial score (nSPS) is 16.9. The molecular weight excluding hydrogens is 370 g/mol. The first-order valence-electron chi connectivity index (χ1n) is 10.1. The van der Waals surface area contributed by atoms with Gasteiger partial charge in [0.15, 0.2) is 5.76 Å². The van der Waals surface area contributed by atoms with Crippen LogP contribution in [0.2, 0.25) is 0 Å². The van der Waals surface area contributed by atoms with Gasteiger partial charge in [0, 0.05) is 29.8 Å². The van der Waals surface area contributed by atoms with Crippen LogP contribution in [0.1, 0.15) is 59.2 Å². The second-order valence-corrected chi connectivity index (χ2v) is 7.29. The van der Waals surface area contributed by atoms with Gasteiger partial charge in [-0.2, -0.15) is 5.10 Å². The van der Waals surface area contributed by atoms with Gasteiger partial charge in [-0.1, -0.05) is 18.2 Å². The first kappa shape index (κ1) is 19.2. The summed E-state index contributed by atoms with van der Waals surface area (Å²) in [5.41, 5.74) is 6.89. The number of rotatable bonds is 3. The molecule has 0 unspecified atom stereocenters. The molecule has 1 aromatic carbocycles. The molecule has 0 fully saturated rings. The number of carbonyl (C=O) groups excluding carboxylic acids is 2. The molecule has 1 aliphatic carbocycles. The second-order valence-electron chi connectivity index (χ2n) is 7.29. The van der Waals surface area contributed by atoms with Gasteiger partial charge >= 0.3 is 6.09 Å². The first-order chi connectivity index (χ1) is 14.1. The maximum Gasteiger partial charge on any atom is 0.427 e. The molecule has 1 aliphatic heterocycles. The third-order valence-corrected chi connectivity index (χ3v) is 5.43. The van der Waals surface area contributed by atoms with E-state index in [-0.39, 0.29) is 12.5 Å². The predicted molar refractivity (Wildman–Crippen MR) is 110 cm³/mol. The molecule has 7 nitrogen and oxygen atoms in total. The Morgan fingerprint density at radius 3 is 2.86 bits per heavy atom. The molecule has 0 saturated carbocycles. The van der Waals surface area contributed by atoms with Gasteiger partial charge in [-0.3, -0.25) is 4.79 Å². The first-order valence-corrected chi connectivity index (χ1v) is 10.1. The van der Waals surface area contributed by atoms with Crippen molar-refractivity contribution in [1.82, 2.24) is 5.43 Å². The van der Waals surface area contributed by atoms with E-state index in [0.717, 1.165) is 54.0 Å². The minimum Gasteiger partial charge on any atom is -0.455 e. The van der Waals surface area contributed by atoms with Crippen molar-refractivity contribution in [3.05, 3.63) is 52.5 Å². The Morgan fingerprint density at radius 2 is 2.03 bits per heavy atom. The fraction of sp³-hybridized carbons (Fsp3) is 0.409. The lowest BCUT2D eigenvalue weighted by molar-refractivity contribution is 0.0955. The van der Waals surface area contributed by atoms with Crippen molar-refractivity contribution < 1.29 is 18.7 Å². The summed E-state index contributed by atoms with van der Waals surface area (Å²) in [6, 6.07) is 8.01. The molecule has 2 aliphatic rings. The van der Waals surface area contributed by atoms with Crippen LogP contribution in [0.15, 0.2) is 33.8 Å². The van der Waals surface area contributed by atoms with Crippen molar-refractivity contribution >= 4 is 23.4 Å². The second kappa shape index (κ2) is 8.11. The van der Waals surface area contributed by atoms with Crippen molar-refractivity contribution in [3.8, 4) is 0 Å². The average Bonchev–Trinajstić information content (AvgIpc) is 3.09. The van der Waals surface area contributed by atoms with Crippen molar-refractivity contribution in [2.75, 3.05) is 18.1 Å². The fourth-order valence-electron chi connectivity index (χ4n) is 4.13. The number of anilines is 1. The van der Waals surface area contributed by atoms with Gasteiger partial charge in [-0.25, -0.2) is 10.2 Å². The smallest absolute Gasteiger partial charge is 0.427 e. The highest BCUT2D eigenvalue weighted by molar-refractivity contribution is 6.10. The van der Waals surface area contributed by atoms with E-state index in [4.69, 9.17) is 9.15 Å². The zero-order chi connectivity index (χ0) is 20.4. The number of furan rings is 1. The molecule has 0 atom stereocenters. The Bertz CT molecular complexity index is 976. The molecule has 0 radical (unpaired) electrons. The number of hydrazone groups is 1. The van der Waals surface area contributed by atoms with Gasteiger partial charge in [0.25, 0.3) is 5.91 Å². The minimum absolute atomic E-state index is 0.123. The summed E-state index contributed by atoms with van der Waals surface area (Å²) in [6.07, 6.45) is 3.62. The molecule has 29 heavy (non-hydrogen) atoms. The van der Waals surface area contributed by atoms with Gasteiger partial charge in [-0.15, -0.1) is 0 Å². The van der Waals surface area contributed by atoms with Crippen LogP contribution < -0.4 is 10.3 Å². The SMILES string of the molecule is CCOC(=O)N/N=C1\CCCc2oc(C(=O)N3CCCc4ccccc43)c(C)c21. The highest BCUT2D eigenvalue weighted by Crippen LogP contribution is 2.33. The quantitative estimate of drug-likeness (QED) is 0.797. The van der Waals surface area contributed by atoms with Crippen LogP contribution in [0.25, 0.3) is 0 Å². The summed E-state index contributed by atoms with van der Waals surface area (Å²) in [4.78, 5) is 26.8. The van der Waals surface area contributed by atoms with E-state index in [0.29, 0.717) is 18.7 Å². The molecule has 0 spiro atoms. The molecule has 0 bridgehead atoms. The number of amides is 2. The number of fused-ring (bicyclic) bond motifs is 2. The van der Waals surface area contributed by atoms with E-state index in [1.807, 2.05) is 30.0 Å². The lowest BCUT2D eigenvalue weighted by Gasteiger charge is -2.28.